The quantitative estimate of drug-likeness (QED) is 0.833. The van der Waals surface area contributed by atoms with Gasteiger partial charge in [0.1, 0.15) is 0 Å². The van der Waals surface area contributed by atoms with E-state index < -0.39 is 5.97 Å². The summed E-state index contributed by atoms with van der Waals surface area (Å²) < 4.78 is 0. The van der Waals surface area contributed by atoms with Gasteiger partial charge in [-0.1, -0.05) is 36.0 Å². The smallest absolute Gasteiger partial charge is 0.306 e. The first kappa shape index (κ1) is 16.6. The summed E-state index contributed by atoms with van der Waals surface area (Å²) in [7, 11) is 0. The number of nitrogens with one attached hydrogen (secondary N) is 1. The maximum Gasteiger partial charge on any atom is 0.306 e. The molecule has 2 N–H and O–H groups in total. The molecule has 0 aromatic heterocycles. The molecular formula is C16H21Cl2NO2. The predicted octanol–water partition coefficient (Wildman–Crippen LogP) is 4.54. The van der Waals surface area contributed by atoms with Crippen molar-refractivity contribution in [3.05, 3.63) is 33.8 Å². The summed E-state index contributed by atoms with van der Waals surface area (Å²) in [6.45, 7) is 2.72. The molecule has 1 aromatic rings. The number of benzene rings is 1. The van der Waals surface area contributed by atoms with Crippen LogP contribution in [0.15, 0.2) is 18.2 Å². The second kappa shape index (κ2) is 7.48. The highest BCUT2D eigenvalue weighted by atomic mass is 35.5. The van der Waals surface area contributed by atoms with Gasteiger partial charge in [0, 0.05) is 16.1 Å². The number of aliphatic carboxylic acids is 1. The Labute approximate surface area is 135 Å². The number of carboxylic acid groups (broad SMARTS) is 1. The van der Waals surface area contributed by atoms with E-state index in [0.717, 1.165) is 31.2 Å². The Hall–Kier alpha value is -0.770. The van der Waals surface area contributed by atoms with Gasteiger partial charge >= 0.3 is 5.97 Å². The normalized spacial score (nSPS) is 23.8. The van der Waals surface area contributed by atoms with Crippen LogP contribution in [0.1, 0.15) is 44.2 Å². The van der Waals surface area contributed by atoms with Crippen molar-refractivity contribution in [3.63, 3.8) is 0 Å². The highest BCUT2D eigenvalue weighted by molar-refractivity contribution is 6.33. The second-order valence-corrected chi connectivity index (χ2v) is 6.63. The fourth-order valence-corrected chi connectivity index (χ4v) is 3.52. The third kappa shape index (κ3) is 4.35. The van der Waals surface area contributed by atoms with E-state index in [1.54, 1.807) is 12.1 Å². The molecular weight excluding hydrogens is 309 g/mol. The van der Waals surface area contributed by atoms with Crippen LogP contribution in [0, 0.1) is 11.8 Å². The minimum atomic E-state index is -0.671. The molecule has 0 radical (unpaired) electrons. The molecule has 116 valence electrons. The minimum absolute atomic E-state index is 0.0487. The average molecular weight is 330 g/mol. The first-order valence-electron chi connectivity index (χ1n) is 7.40. The van der Waals surface area contributed by atoms with Crippen molar-refractivity contribution in [3.8, 4) is 0 Å². The van der Waals surface area contributed by atoms with Crippen molar-refractivity contribution in [1.29, 1.82) is 0 Å². The summed E-state index contributed by atoms with van der Waals surface area (Å²) in [5.41, 5.74) is 0.951. The molecule has 0 aliphatic heterocycles. The van der Waals surface area contributed by atoms with Gasteiger partial charge in [-0.05, 0) is 56.0 Å². The first-order chi connectivity index (χ1) is 9.99. The summed E-state index contributed by atoms with van der Waals surface area (Å²) in [4.78, 5) is 11.3. The summed E-state index contributed by atoms with van der Waals surface area (Å²) in [6.07, 6.45) is 3.89. The van der Waals surface area contributed by atoms with Crippen LogP contribution in [0.4, 0.5) is 0 Å². The van der Waals surface area contributed by atoms with Crippen LogP contribution < -0.4 is 5.32 Å². The fourth-order valence-electron chi connectivity index (χ4n) is 3.06. The highest BCUT2D eigenvalue weighted by Crippen LogP contribution is 2.31. The van der Waals surface area contributed by atoms with E-state index in [2.05, 4.69) is 5.32 Å². The third-order valence-electron chi connectivity index (χ3n) is 4.34. The summed E-state index contributed by atoms with van der Waals surface area (Å²) in [5, 5.41) is 14.1. The summed E-state index contributed by atoms with van der Waals surface area (Å²) in [6, 6.07) is 5.46. The van der Waals surface area contributed by atoms with Crippen molar-refractivity contribution in [1.82, 2.24) is 5.32 Å². The Morgan fingerprint density at radius 1 is 1.38 bits per heavy atom. The lowest BCUT2D eigenvalue weighted by molar-refractivity contribution is -0.144. The zero-order valence-corrected chi connectivity index (χ0v) is 13.6. The summed E-state index contributed by atoms with van der Waals surface area (Å²) in [5.74, 6) is -0.708. The van der Waals surface area contributed by atoms with Crippen LogP contribution in [0.2, 0.25) is 10.0 Å². The van der Waals surface area contributed by atoms with Crippen molar-refractivity contribution in [2.75, 3.05) is 6.54 Å². The highest BCUT2D eigenvalue weighted by Gasteiger charge is 2.30. The Morgan fingerprint density at radius 2 is 2.10 bits per heavy atom. The number of hydrogen-bond donors (Lipinski definition) is 2. The van der Waals surface area contributed by atoms with Gasteiger partial charge in [-0.15, -0.1) is 0 Å². The molecule has 21 heavy (non-hydrogen) atoms. The molecule has 1 aromatic carbocycles. The predicted molar refractivity (Wildman–Crippen MR) is 86.0 cm³/mol. The number of rotatable bonds is 5. The molecule has 0 heterocycles. The van der Waals surface area contributed by atoms with Gasteiger partial charge in [-0.2, -0.15) is 0 Å². The van der Waals surface area contributed by atoms with Gasteiger partial charge in [0.15, 0.2) is 0 Å². The van der Waals surface area contributed by atoms with Gasteiger partial charge < -0.3 is 10.4 Å². The van der Waals surface area contributed by atoms with E-state index in [1.807, 2.05) is 13.0 Å². The Morgan fingerprint density at radius 3 is 2.81 bits per heavy atom. The fraction of sp³-hybridized carbons (Fsp3) is 0.562. The van der Waals surface area contributed by atoms with Gasteiger partial charge in [0.25, 0.3) is 0 Å². The molecule has 2 rings (SSSR count). The lowest BCUT2D eigenvalue weighted by atomic mass is 9.79. The van der Waals surface area contributed by atoms with E-state index in [0.29, 0.717) is 16.6 Å². The Kier molecular flexibility index (Phi) is 5.91. The van der Waals surface area contributed by atoms with Crippen LogP contribution in [0.5, 0.6) is 0 Å². The SMILES string of the molecule is CC(NCC1CCCCC1C(=O)O)c1cc(Cl)ccc1Cl. The monoisotopic (exact) mass is 329 g/mol. The van der Waals surface area contributed by atoms with E-state index >= 15 is 0 Å². The van der Waals surface area contributed by atoms with Gasteiger partial charge in [-0.3, -0.25) is 4.79 Å². The second-order valence-electron chi connectivity index (χ2n) is 5.79. The average Bonchev–Trinajstić information content (AvgIpc) is 2.47. The van der Waals surface area contributed by atoms with Crippen molar-refractivity contribution >= 4 is 29.2 Å². The molecule has 0 amide bonds. The summed E-state index contributed by atoms with van der Waals surface area (Å²) >= 11 is 12.2. The van der Waals surface area contributed by atoms with Gasteiger partial charge in [-0.25, -0.2) is 0 Å². The number of carboxylic acids is 1. The lowest BCUT2D eigenvalue weighted by Crippen LogP contribution is -2.35. The standard InChI is InChI=1S/C16H21Cl2NO2/c1-10(14-8-12(17)6-7-15(14)18)19-9-11-4-2-3-5-13(11)16(20)21/h6-8,10-11,13,19H,2-5,9H2,1H3,(H,20,21). The maximum absolute atomic E-state index is 11.3. The van der Waals surface area contributed by atoms with Crippen LogP contribution in [-0.4, -0.2) is 17.6 Å². The number of carbonyl (C=O) groups is 1. The van der Waals surface area contributed by atoms with Crippen molar-refractivity contribution in [2.24, 2.45) is 11.8 Å². The molecule has 0 bridgehead atoms. The topological polar surface area (TPSA) is 49.3 Å². The molecule has 0 spiro atoms. The van der Waals surface area contributed by atoms with Gasteiger partial charge in [0.05, 0.1) is 5.92 Å². The molecule has 5 heteroatoms. The van der Waals surface area contributed by atoms with Crippen LogP contribution in [-0.2, 0) is 4.79 Å². The first-order valence-corrected chi connectivity index (χ1v) is 8.15. The van der Waals surface area contributed by atoms with E-state index in [4.69, 9.17) is 23.2 Å². The molecule has 1 aliphatic carbocycles. The molecule has 3 unspecified atom stereocenters. The third-order valence-corrected chi connectivity index (χ3v) is 4.92. The molecule has 3 nitrogen and oxygen atoms in total. The zero-order valence-electron chi connectivity index (χ0n) is 12.1. The van der Waals surface area contributed by atoms with Crippen molar-refractivity contribution < 1.29 is 9.90 Å². The van der Waals surface area contributed by atoms with E-state index in [9.17, 15) is 9.90 Å². The molecule has 3 atom stereocenters. The minimum Gasteiger partial charge on any atom is -0.481 e. The van der Waals surface area contributed by atoms with Crippen LogP contribution in [0.3, 0.4) is 0 Å². The largest absolute Gasteiger partial charge is 0.481 e. The molecule has 1 fully saturated rings. The lowest BCUT2D eigenvalue weighted by Gasteiger charge is -2.30. The maximum atomic E-state index is 11.3. The van der Waals surface area contributed by atoms with Crippen LogP contribution in [0.25, 0.3) is 0 Å². The number of hydrogen-bond acceptors (Lipinski definition) is 2. The molecule has 1 saturated carbocycles. The zero-order chi connectivity index (χ0) is 15.4. The molecule has 0 saturated heterocycles. The van der Waals surface area contributed by atoms with Gasteiger partial charge in [0.2, 0.25) is 0 Å². The van der Waals surface area contributed by atoms with Crippen molar-refractivity contribution in [2.45, 2.75) is 38.6 Å². The van der Waals surface area contributed by atoms with E-state index in [1.165, 1.54) is 0 Å². The Bertz CT molecular complexity index is 507. The number of halogens is 2. The van der Waals surface area contributed by atoms with Crippen LogP contribution >= 0.6 is 23.2 Å². The Balaban J connectivity index is 1.98. The van der Waals surface area contributed by atoms with E-state index in [-0.39, 0.29) is 17.9 Å². The molecule has 1 aliphatic rings.